The standard InChI is InChI=1S/C17H22BrNS/c1-4-10-19-15(5-2)17-9-8-16(20-17)14-7-6-13(18)11-12(14)3/h6-9,11,15,19H,4-5,10H2,1-3H3. The van der Waals surface area contributed by atoms with Crippen molar-refractivity contribution in [1.29, 1.82) is 0 Å². The van der Waals surface area contributed by atoms with E-state index >= 15 is 0 Å². The van der Waals surface area contributed by atoms with Crippen molar-refractivity contribution >= 4 is 27.3 Å². The van der Waals surface area contributed by atoms with Crippen LogP contribution in [0.2, 0.25) is 0 Å². The molecule has 0 bridgehead atoms. The van der Waals surface area contributed by atoms with Crippen LogP contribution in [0.4, 0.5) is 0 Å². The quantitative estimate of drug-likeness (QED) is 0.679. The van der Waals surface area contributed by atoms with Crippen LogP contribution < -0.4 is 5.32 Å². The van der Waals surface area contributed by atoms with Crippen molar-refractivity contribution in [2.24, 2.45) is 0 Å². The third-order valence-electron chi connectivity index (χ3n) is 3.47. The van der Waals surface area contributed by atoms with Crippen molar-refractivity contribution in [2.45, 2.75) is 39.7 Å². The number of benzene rings is 1. The maximum absolute atomic E-state index is 3.63. The second-order valence-corrected chi connectivity index (χ2v) is 7.11. The van der Waals surface area contributed by atoms with Gasteiger partial charge in [-0.15, -0.1) is 11.3 Å². The zero-order chi connectivity index (χ0) is 14.5. The first-order chi connectivity index (χ1) is 9.65. The average molecular weight is 352 g/mol. The van der Waals surface area contributed by atoms with Crippen LogP contribution in [0.25, 0.3) is 10.4 Å². The topological polar surface area (TPSA) is 12.0 Å². The lowest BCUT2D eigenvalue weighted by atomic mass is 10.1. The number of halogens is 1. The highest BCUT2D eigenvalue weighted by atomic mass is 79.9. The van der Waals surface area contributed by atoms with Gasteiger partial charge in [-0.25, -0.2) is 0 Å². The fourth-order valence-corrected chi connectivity index (χ4v) is 4.09. The van der Waals surface area contributed by atoms with Gasteiger partial charge in [-0.05, 0) is 61.7 Å². The Balaban J connectivity index is 2.23. The summed E-state index contributed by atoms with van der Waals surface area (Å²) in [5.74, 6) is 0. The summed E-state index contributed by atoms with van der Waals surface area (Å²) in [6.45, 7) is 7.72. The van der Waals surface area contributed by atoms with Crippen LogP contribution >= 0.6 is 27.3 Å². The molecule has 1 N–H and O–H groups in total. The Morgan fingerprint density at radius 2 is 2.00 bits per heavy atom. The Bertz CT molecular complexity index is 562. The second-order valence-electron chi connectivity index (χ2n) is 5.08. The number of nitrogens with one attached hydrogen (secondary N) is 1. The van der Waals surface area contributed by atoms with E-state index < -0.39 is 0 Å². The van der Waals surface area contributed by atoms with Gasteiger partial charge >= 0.3 is 0 Å². The third kappa shape index (κ3) is 3.72. The van der Waals surface area contributed by atoms with Gasteiger partial charge in [-0.3, -0.25) is 0 Å². The van der Waals surface area contributed by atoms with E-state index in [9.17, 15) is 0 Å². The molecule has 1 heterocycles. The molecule has 0 spiro atoms. The number of thiophene rings is 1. The van der Waals surface area contributed by atoms with Crippen molar-refractivity contribution < 1.29 is 0 Å². The summed E-state index contributed by atoms with van der Waals surface area (Å²) in [7, 11) is 0. The molecular weight excluding hydrogens is 330 g/mol. The maximum Gasteiger partial charge on any atom is 0.0412 e. The largest absolute Gasteiger partial charge is 0.309 e. The smallest absolute Gasteiger partial charge is 0.0412 e. The van der Waals surface area contributed by atoms with Gasteiger partial charge < -0.3 is 5.32 Å². The fourth-order valence-electron chi connectivity index (χ4n) is 2.35. The average Bonchev–Trinajstić information content (AvgIpc) is 2.89. The number of aryl methyl sites for hydroxylation is 1. The van der Waals surface area contributed by atoms with Crippen LogP contribution in [0.1, 0.15) is 43.2 Å². The van der Waals surface area contributed by atoms with Crippen molar-refractivity contribution in [3.05, 3.63) is 45.2 Å². The van der Waals surface area contributed by atoms with Gasteiger partial charge in [0.1, 0.15) is 0 Å². The highest BCUT2D eigenvalue weighted by Crippen LogP contribution is 2.35. The van der Waals surface area contributed by atoms with E-state index in [-0.39, 0.29) is 0 Å². The van der Waals surface area contributed by atoms with Crippen molar-refractivity contribution in [3.63, 3.8) is 0 Å². The molecule has 20 heavy (non-hydrogen) atoms. The van der Waals surface area contributed by atoms with E-state index in [0.717, 1.165) is 17.4 Å². The molecule has 108 valence electrons. The highest BCUT2D eigenvalue weighted by molar-refractivity contribution is 9.10. The van der Waals surface area contributed by atoms with Crippen molar-refractivity contribution in [3.8, 4) is 10.4 Å². The number of hydrogen-bond donors (Lipinski definition) is 1. The van der Waals surface area contributed by atoms with Crippen LogP contribution in [0.3, 0.4) is 0 Å². The minimum Gasteiger partial charge on any atom is -0.309 e. The molecule has 0 saturated carbocycles. The summed E-state index contributed by atoms with van der Waals surface area (Å²) in [5.41, 5.74) is 2.66. The molecule has 1 aromatic carbocycles. The Labute approximate surface area is 134 Å². The zero-order valence-corrected chi connectivity index (χ0v) is 14.8. The summed E-state index contributed by atoms with van der Waals surface area (Å²) in [4.78, 5) is 2.81. The molecule has 1 aromatic heterocycles. The van der Waals surface area contributed by atoms with Crippen LogP contribution in [-0.4, -0.2) is 6.54 Å². The van der Waals surface area contributed by atoms with E-state index in [4.69, 9.17) is 0 Å². The fraction of sp³-hybridized carbons (Fsp3) is 0.412. The summed E-state index contributed by atoms with van der Waals surface area (Å²) in [6, 6.07) is 11.5. The summed E-state index contributed by atoms with van der Waals surface area (Å²) in [6.07, 6.45) is 2.32. The van der Waals surface area contributed by atoms with Crippen molar-refractivity contribution in [2.75, 3.05) is 6.54 Å². The Hall–Kier alpha value is -0.640. The molecule has 0 radical (unpaired) electrons. The first kappa shape index (κ1) is 15.7. The van der Waals surface area contributed by atoms with E-state index in [1.807, 2.05) is 11.3 Å². The van der Waals surface area contributed by atoms with Crippen LogP contribution in [-0.2, 0) is 0 Å². The molecule has 0 aliphatic carbocycles. The molecule has 1 atom stereocenters. The molecule has 2 aromatic rings. The molecule has 2 rings (SSSR count). The molecule has 0 fully saturated rings. The molecule has 0 saturated heterocycles. The van der Waals surface area contributed by atoms with Crippen LogP contribution in [0.5, 0.6) is 0 Å². The Morgan fingerprint density at radius 3 is 2.65 bits per heavy atom. The lowest BCUT2D eigenvalue weighted by Gasteiger charge is -2.14. The maximum atomic E-state index is 3.63. The summed E-state index contributed by atoms with van der Waals surface area (Å²) in [5, 5.41) is 3.63. The number of hydrogen-bond acceptors (Lipinski definition) is 2. The summed E-state index contributed by atoms with van der Waals surface area (Å²) < 4.78 is 1.14. The van der Waals surface area contributed by atoms with Gasteiger partial charge in [0.15, 0.2) is 0 Å². The Kier molecular flexibility index (Phi) is 5.82. The van der Waals surface area contributed by atoms with Gasteiger partial charge in [0, 0.05) is 20.3 Å². The van der Waals surface area contributed by atoms with E-state index in [0.29, 0.717) is 6.04 Å². The molecule has 0 aliphatic heterocycles. The van der Waals surface area contributed by atoms with Crippen LogP contribution in [0, 0.1) is 6.92 Å². The van der Waals surface area contributed by atoms with E-state index in [1.165, 1.54) is 27.3 Å². The lowest BCUT2D eigenvalue weighted by molar-refractivity contribution is 0.525. The van der Waals surface area contributed by atoms with Crippen molar-refractivity contribution in [1.82, 2.24) is 5.32 Å². The van der Waals surface area contributed by atoms with Crippen LogP contribution in [0.15, 0.2) is 34.8 Å². The SMILES string of the molecule is CCCNC(CC)c1ccc(-c2ccc(Br)cc2C)s1. The lowest BCUT2D eigenvalue weighted by Crippen LogP contribution is -2.20. The predicted octanol–water partition coefficient (Wildman–Crippen LogP) is 5.94. The molecule has 0 amide bonds. The predicted molar refractivity (Wildman–Crippen MR) is 93.5 cm³/mol. The molecule has 3 heteroatoms. The highest BCUT2D eigenvalue weighted by Gasteiger charge is 2.12. The van der Waals surface area contributed by atoms with E-state index in [2.05, 4.69) is 72.3 Å². The van der Waals surface area contributed by atoms with Gasteiger partial charge in [-0.2, -0.15) is 0 Å². The first-order valence-electron chi connectivity index (χ1n) is 7.25. The monoisotopic (exact) mass is 351 g/mol. The first-order valence-corrected chi connectivity index (χ1v) is 8.86. The second kappa shape index (κ2) is 7.39. The zero-order valence-electron chi connectivity index (χ0n) is 12.4. The Morgan fingerprint density at radius 1 is 1.20 bits per heavy atom. The summed E-state index contributed by atoms with van der Waals surface area (Å²) >= 11 is 5.44. The minimum absolute atomic E-state index is 0.490. The molecular formula is C17H22BrNS. The number of rotatable bonds is 6. The van der Waals surface area contributed by atoms with Gasteiger partial charge in [0.25, 0.3) is 0 Å². The van der Waals surface area contributed by atoms with Gasteiger partial charge in [0.05, 0.1) is 0 Å². The normalized spacial score (nSPS) is 12.6. The molecule has 1 unspecified atom stereocenters. The molecule has 0 aliphatic rings. The van der Waals surface area contributed by atoms with Gasteiger partial charge in [-0.1, -0.05) is 35.8 Å². The minimum atomic E-state index is 0.490. The van der Waals surface area contributed by atoms with Gasteiger partial charge in [0.2, 0.25) is 0 Å². The molecule has 1 nitrogen and oxygen atoms in total. The third-order valence-corrected chi connectivity index (χ3v) is 5.20. The van der Waals surface area contributed by atoms with E-state index in [1.54, 1.807) is 0 Å².